The van der Waals surface area contributed by atoms with Gasteiger partial charge in [-0.1, -0.05) is 43.5 Å². The summed E-state index contributed by atoms with van der Waals surface area (Å²) in [5, 5.41) is 19.8. The quantitative estimate of drug-likeness (QED) is 0.529. The highest BCUT2D eigenvalue weighted by molar-refractivity contribution is 7.89. The molecule has 0 saturated heterocycles. The van der Waals surface area contributed by atoms with E-state index in [0.29, 0.717) is 11.4 Å². The summed E-state index contributed by atoms with van der Waals surface area (Å²) < 4.78 is 27.4. The zero-order valence-corrected chi connectivity index (χ0v) is 19.1. The van der Waals surface area contributed by atoms with E-state index in [-0.39, 0.29) is 4.90 Å². The van der Waals surface area contributed by atoms with E-state index in [1.807, 2.05) is 25.1 Å². The first kappa shape index (κ1) is 25.1. The van der Waals surface area contributed by atoms with Crippen LogP contribution in [0.2, 0.25) is 0 Å². The average Bonchev–Trinajstić information content (AvgIpc) is 2.71. The smallest absolute Gasteiger partial charge is 0.324 e. The number of carboxylic acids is 1. The van der Waals surface area contributed by atoms with Gasteiger partial charge in [-0.3, -0.25) is 4.79 Å². The predicted octanol–water partition coefficient (Wildman–Crippen LogP) is 2.30. The monoisotopic (exact) mass is 451 g/mol. The number of hydrogen-bond donors (Lipinski definition) is 4. The van der Waals surface area contributed by atoms with Crippen LogP contribution in [0.25, 0.3) is 10.8 Å². The number of carboxylic acid groups (broad SMARTS) is 1. The largest absolute Gasteiger partial charge is 0.480 e. The Labute approximate surface area is 184 Å². The number of rotatable bonds is 6. The van der Waals surface area contributed by atoms with Gasteiger partial charge in [-0.15, -0.1) is 0 Å². The molecule has 2 aromatic rings. The van der Waals surface area contributed by atoms with E-state index in [0.717, 1.165) is 11.1 Å². The molecule has 0 aliphatic heterocycles. The molecule has 0 amide bonds. The molecule has 172 valence electrons. The Kier molecular flexibility index (Phi) is 8.81. The number of hydrogen-bond acceptors (Lipinski definition) is 6. The number of fused-ring (bicyclic) bond motifs is 1. The Bertz CT molecular complexity index is 986. The molecule has 1 aliphatic carbocycles. The molecule has 31 heavy (non-hydrogen) atoms. The highest BCUT2D eigenvalue weighted by atomic mass is 32.2. The third kappa shape index (κ3) is 6.64. The molecule has 0 heterocycles. The number of nitrogens with two attached hydrogens (primary N) is 1. The molecule has 5 N–H and O–H groups in total. The zero-order valence-electron chi connectivity index (χ0n) is 18.3. The molecule has 1 aliphatic rings. The van der Waals surface area contributed by atoms with Crippen LogP contribution in [-0.4, -0.2) is 56.9 Å². The molecule has 1 fully saturated rings. The van der Waals surface area contributed by atoms with Gasteiger partial charge in [0.1, 0.15) is 6.04 Å². The fourth-order valence-corrected chi connectivity index (χ4v) is 5.09. The van der Waals surface area contributed by atoms with Gasteiger partial charge in [0.05, 0.1) is 11.0 Å². The molecule has 8 nitrogen and oxygen atoms in total. The summed E-state index contributed by atoms with van der Waals surface area (Å²) in [6.07, 6.45) is 5.29. The van der Waals surface area contributed by atoms with Crippen molar-refractivity contribution in [3.05, 3.63) is 36.4 Å². The number of aliphatic hydroxyl groups excluding tert-OH is 1. The molecule has 0 bridgehead atoms. The lowest BCUT2D eigenvalue weighted by Gasteiger charge is -2.19. The first-order chi connectivity index (χ1) is 14.5. The van der Waals surface area contributed by atoms with Gasteiger partial charge in [-0.2, -0.15) is 4.72 Å². The number of aliphatic carboxylic acids is 1. The molecule has 2 aromatic carbocycles. The van der Waals surface area contributed by atoms with Crippen molar-refractivity contribution in [2.45, 2.75) is 62.1 Å². The molecule has 1 saturated carbocycles. The maximum atomic E-state index is 12.6. The van der Waals surface area contributed by atoms with Crippen molar-refractivity contribution < 1.29 is 23.4 Å². The minimum absolute atomic E-state index is 0.0319. The van der Waals surface area contributed by atoms with Crippen LogP contribution in [-0.2, 0) is 14.8 Å². The van der Waals surface area contributed by atoms with Crippen molar-refractivity contribution in [3.63, 3.8) is 0 Å². The zero-order chi connectivity index (χ0) is 23.2. The summed E-state index contributed by atoms with van der Waals surface area (Å²) in [7, 11) is -0.429. The lowest BCUT2D eigenvalue weighted by atomic mass is 9.97. The standard InChI is InChI=1S/C16H20N2O5S.C6H13N/c1-10(19)15(16(20)21)17-24(22,23)14-9-5-6-11-12(14)7-4-8-13(11)18(2)3;7-6-4-2-1-3-5-6/h4-10,15,17,19H,1-3H3,(H,20,21);6H,1-5,7H2/t10-,15+;/m1./s1. The second-order valence-electron chi connectivity index (χ2n) is 8.10. The van der Waals surface area contributed by atoms with Gasteiger partial charge in [-0.25, -0.2) is 8.42 Å². The van der Waals surface area contributed by atoms with Crippen molar-refractivity contribution in [1.82, 2.24) is 4.72 Å². The highest BCUT2D eigenvalue weighted by Gasteiger charge is 2.30. The average molecular weight is 452 g/mol. The van der Waals surface area contributed by atoms with Crippen molar-refractivity contribution in [2.24, 2.45) is 5.73 Å². The second-order valence-corrected chi connectivity index (χ2v) is 9.78. The van der Waals surface area contributed by atoms with Gasteiger partial charge in [0.15, 0.2) is 0 Å². The molecule has 0 spiro atoms. The molecule has 9 heteroatoms. The topological polar surface area (TPSA) is 133 Å². The summed E-state index contributed by atoms with van der Waals surface area (Å²) >= 11 is 0. The minimum atomic E-state index is -4.13. The normalized spacial score (nSPS) is 16.8. The van der Waals surface area contributed by atoms with E-state index < -0.39 is 28.1 Å². The number of nitrogens with one attached hydrogen (secondary N) is 1. The van der Waals surface area contributed by atoms with E-state index in [1.54, 1.807) is 24.3 Å². The Morgan fingerprint density at radius 1 is 1.10 bits per heavy atom. The number of aliphatic hydroxyl groups is 1. The van der Waals surface area contributed by atoms with Gasteiger partial charge < -0.3 is 20.8 Å². The Balaban J connectivity index is 0.000000412. The van der Waals surface area contributed by atoms with Crippen molar-refractivity contribution >= 4 is 32.5 Å². The molecule has 0 unspecified atom stereocenters. The number of sulfonamides is 1. The highest BCUT2D eigenvalue weighted by Crippen LogP contribution is 2.30. The van der Waals surface area contributed by atoms with E-state index in [2.05, 4.69) is 4.72 Å². The van der Waals surface area contributed by atoms with Gasteiger partial charge in [0, 0.05) is 36.6 Å². The number of benzene rings is 2. The summed E-state index contributed by atoms with van der Waals surface area (Å²) in [5.41, 5.74) is 6.48. The molecular weight excluding hydrogens is 418 g/mol. The van der Waals surface area contributed by atoms with Crippen LogP contribution in [0.1, 0.15) is 39.0 Å². The van der Waals surface area contributed by atoms with E-state index in [9.17, 15) is 18.3 Å². The van der Waals surface area contributed by atoms with Gasteiger partial charge in [-0.05, 0) is 31.9 Å². The SMILES string of the molecule is C[C@@H](O)[C@H](NS(=O)(=O)c1cccc2c(N(C)C)cccc12)C(=O)O.NC1CCCCC1. The maximum absolute atomic E-state index is 12.6. The van der Waals surface area contributed by atoms with Crippen LogP contribution in [0.15, 0.2) is 41.3 Å². The fraction of sp³-hybridized carbons (Fsp3) is 0.500. The second kappa shape index (κ2) is 10.9. The molecule has 3 rings (SSSR count). The summed E-state index contributed by atoms with van der Waals surface area (Å²) in [6.45, 7) is 1.22. The Morgan fingerprint density at radius 3 is 2.16 bits per heavy atom. The van der Waals surface area contributed by atoms with Crippen molar-refractivity contribution in [1.29, 1.82) is 0 Å². The van der Waals surface area contributed by atoms with Gasteiger partial charge >= 0.3 is 5.97 Å². The minimum Gasteiger partial charge on any atom is -0.480 e. The first-order valence-corrected chi connectivity index (χ1v) is 11.9. The predicted molar refractivity (Wildman–Crippen MR) is 123 cm³/mol. The van der Waals surface area contributed by atoms with Crippen molar-refractivity contribution in [2.75, 3.05) is 19.0 Å². The summed E-state index contributed by atoms with van der Waals surface area (Å²) in [4.78, 5) is 13.0. The van der Waals surface area contributed by atoms with Crippen LogP contribution in [0.3, 0.4) is 0 Å². The van der Waals surface area contributed by atoms with Crippen LogP contribution in [0.5, 0.6) is 0 Å². The van der Waals surface area contributed by atoms with E-state index in [4.69, 9.17) is 10.8 Å². The third-order valence-corrected chi connectivity index (χ3v) is 6.81. The molecule has 2 atom stereocenters. The van der Waals surface area contributed by atoms with Crippen LogP contribution in [0, 0.1) is 0 Å². The maximum Gasteiger partial charge on any atom is 0.324 e. The number of carbonyl (C=O) groups is 1. The van der Waals surface area contributed by atoms with Gasteiger partial charge in [0.25, 0.3) is 0 Å². The van der Waals surface area contributed by atoms with Crippen LogP contribution >= 0.6 is 0 Å². The number of nitrogens with zero attached hydrogens (tertiary/aromatic N) is 1. The van der Waals surface area contributed by atoms with Crippen LogP contribution < -0.4 is 15.4 Å². The molecule has 0 aromatic heterocycles. The van der Waals surface area contributed by atoms with E-state index in [1.165, 1.54) is 45.1 Å². The lowest BCUT2D eigenvalue weighted by Crippen LogP contribution is -2.47. The third-order valence-electron chi connectivity index (χ3n) is 5.31. The Morgan fingerprint density at radius 2 is 1.68 bits per heavy atom. The first-order valence-electron chi connectivity index (χ1n) is 10.4. The summed E-state index contributed by atoms with van der Waals surface area (Å²) in [5.74, 6) is -1.44. The van der Waals surface area contributed by atoms with Gasteiger partial charge in [0.2, 0.25) is 10.0 Å². The van der Waals surface area contributed by atoms with E-state index >= 15 is 0 Å². The lowest BCUT2D eigenvalue weighted by molar-refractivity contribution is -0.141. The summed E-state index contributed by atoms with van der Waals surface area (Å²) in [6, 6.07) is 8.98. The Hall–Kier alpha value is -2.20. The molecular formula is C22H33N3O5S. The number of anilines is 1. The molecule has 0 radical (unpaired) electrons. The van der Waals surface area contributed by atoms with Crippen molar-refractivity contribution in [3.8, 4) is 0 Å². The van der Waals surface area contributed by atoms with Crippen LogP contribution in [0.4, 0.5) is 5.69 Å². The fourth-order valence-electron chi connectivity index (χ4n) is 3.61.